The molecule has 0 radical (unpaired) electrons. The third kappa shape index (κ3) is 4.77. The van der Waals surface area contributed by atoms with Crippen molar-refractivity contribution in [2.75, 3.05) is 7.11 Å². The molecule has 3 N–H and O–H groups in total. The van der Waals surface area contributed by atoms with Crippen LogP contribution in [0.15, 0.2) is 40.9 Å². The molecule has 164 valence electrons. The minimum atomic E-state index is -0.0555. The predicted molar refractivity (Wildman–Crippen MR) is 128 cm³/mol. The van der Waals surface area contributed by atoms with Gasteiger partial charge in [0.25, 0.3) is 5.91 Å². The van der Waals surface area contributed by atoms with E-state index in [1.807, 2.05) is 36.4 Å². The molecule has 0 bridgehead atoms. The number of hydrogen-bond donors (Lipinski definition) is 3. The molecule has 0 unspecified atom stereocenters. The number of aromatic amines is 1. The molecule has 6 nitrogen and oxygen atoms in total. The highest BCUT2D eigenvalue weighted by atomic mass is 79.9. The first kappa shape index (κ1) is 21.8. The summed E-state index contributed by atoms with van der Waals surface area (Å²) >= 11 is 3.62. The van der Waals surface area contributed by atoms with Crippen LogP contribution in [0.25, 0.3) is 22.4 Å². The normalized spacial score (nSPS) is 18.1. The van der Waals surface area contributed by atoms with Crippen LogP contribution in [0.4, 0.5) is 0 Å². The standard InChI is InChI=1S/C24H29BrN4O2/c1-23(2)12-15(13-24(3,4)29-23)26-22(30)14-6-8-17(18(25)10-14)21-27-19-9-7-16(31-5)11-20(19)28-21/h6-11,15,29H,12-13H2,1-5H3,(H,26,30)(H,27,28). The van der Waals surface area contributed by atoms with E-state index >= 15 is 0 Å². The molecule has 1 aliphatic rings. The number of hydrogen-bond acceptors (Lipinski definition) is 4. The van der Waals surface area contributed by atoms with Crippen LogP contribution < -0.4 is 15.4 Å². The van der Waals surface area contributed by atoms with Crippen LogP contribution in [0.2, 0.25) is 0 Å². The Labute approximate surface area is 191 Å². The molecule has 31 heavy (non-hydrogen) atoms. The second-order valence-electron chi connectivity index (χ2n) is 9.63. The van der Waals surface area contributed by atoms with E-state index in [1.165, 1.54) is 0 Å². The number of halogens is 1. The van der Waals surface area contributed by atoms with Gasteiger partial charge in [-0.05, 0) is 70.9 Å². The van der Waals surface area contributed by atoms with Crippen molar-refractivity contribution < 1.29 is 9.53 Å². The van der Waals surface area contributed by atoms with Gasteiger partial charge in [-0.2, -0.15) is 0 Å². The zero-order valence-corrected chi connectivity index (χ0v) is 20.2. The number of fused-ring (bicyclic) bond motifs is 1. The van der Waals surface area contributed by atoms with E-state index < -0.39 is 0 Å². The summed E-state index contributed by atoms with van der Waals surface area (Å²) in [6.07, 6.45) is 1.79. The summed E-state index contributed by atoms with van der Waals surface area (Å²) < 4.78 is 6.10. The lowest BCUT2D eigenvalue weighted by Gasteiger charge is -2.46. The Morgan fingerprint density at radius 1 is 1.13 bits per heavy atom. The first-order chi connectivity index (χ1) is 14.5. The molecule has 1 aromatic heterocycles. The fraction of sp³-hybridized carbons (Fsp3) is 0.417. The van der Waals surface area contributed by atoms with Gasteiger partial charge in [-0.3, -0.25) is 4.79 Å². The molecular weight excluding hydrogens is 456 g/mol. The molecule has 0 atom stereocenters. The van der Waals surface area contributed by atoms with Gasteiger partial charge in [-0.25, -0.2) is 4.98 Å². The number of amides is 1. The second-order valence-corrected chi connectivity index (χ2v) is 10.5. The number of piperidine rings is 1. The third-order valence-corrected chi connectivity index (χ3v) is 6.36. The van der Waals surface area contributed by atoms with Gasteiger partial charge in [0.05, 0.1) is 18.1 Å². The van der Waals surface area contributed by atoms with Gasteiger partial charge in [0, 0.05) is 38.8 Å². The Morgan fingerprint density at radius 3 is 2.48 bits per heavy atom. The number of nitrogens with one attached hydrogen (secondary N) is 3. The number of aromatic nitrogens is 2. The van der Waals surface area contributed by atoms with Crippen molar-refractivity contribution in [3.05, 3.63) is 46.4 Å². The average molecular weight is 485 g/mol. The fourth-order valence-corrected chi connectivity index (χ4v) is 5.35. The summed E-state index contributed by atoms with van der Waals surface area (Å²) in [5.41, 5.74) is 3.25. The maximum absolute atomic E-state index is 13.0. The first-order valence-corrected chi connectivity index (χ1v) is 11.3. The van der Waals surface area contributed by atoms with E-state index in [9.17, 15) is 4.79 Å². The van der Waals surface area contributed by atoms with Crippen molar-refractivity contribution in [2.24, 2.45) is 0 Å². The number of ether oxygens (including phenoxy) is 1. The minimum Gasteiger partial charge on any atom is -0.497 e. The molecule has 7 heteroatoms. The van der Waals surface area contributed by atoms with Gasteiger partial charge in [-0.1, -0.05) is 15.9 Å². The predicted octanol–water partition coefficient (Wildman–Crippen LogP) is 5.04. The molecule has 0 saturated carbocycles. The monoisotopic (exact) mass is 484 g/mol. The van der Waals surface area contributed by atoms with Gasteiger partial charge >= 0.3 is 0 Å². The Kier molecular flexibility index (Phi) is 5.60. The number of carbonyl (C=O) groups is 1. The van der Waals surface area contributed by atoms with Crippen molar-refractivity contribution >= 4 is 32.9 Å². The average Bonchev–Trinajstić information content (AvgIpc) is 3.07. The maximum atomic E-state index is 13.0. The second kappa shape index (κ2) is 7.95. The summed E-state index contributed by atoms with van der Waals surface area (Å²) in [5.74, 6) is 1.46. The largest absolute Gasteiger partial charge is 0.497 e. The van der Waals surface area contributed by atoms with E-state index in [2.05, 4.69) is 64.2 Å². The Bertz CT molecular complexity index is 1120. The smallest absolute Gasteiger partial charge is 0.251 e. The summed E-state index contributed by atoms with van der Waals surface area (Å²) in [7, 11) is 1.64. The van der Waals surface area contributed by atoms with Gasteiger partial charge in [0.2, 0.25) is 0 Å². The molecule has 1 amide bonds. The lowest BCUT2D eigenvalue weighted by Crippen LogP contribution is -2.62. The van der Waals surface area contributed by atoms with Gasteiger partial charge in [0.1, 0.15) is 11.6 Å². The van der Waals surface area contributed by atoms with Crippen LogP contribution >= 0.6 is 15.9 Å². The van der Waals surface area contributed by atoms with E-state index in [0.29, 0.717) is 5.56 Å². The van der Waals surface area contributed by atoms with E-state index in [1.54, 1.807) is 7.11 Å². The Balaban J connectivity index is 1.54. The number of methoxy groups -OCH3 is 1. The molecular formula is C24H29BrN4O2. The molecule has 0 aliphatic carbocycles. The summed E-state index contributed by atoms with van der Waals surface area (Å²) in [4.78, 5) is 21.0. The number of rotatable bonds is 4. The van der Waals surface area contributed by atoms with E-state index in [4.69, 9.17) is 4.74 Å². The highest BCUT2D eigenvalue weighted by molar-refractivity contribution is 9.10. The Hall–Kier alpha value is -2.38. The quantitative estimate of drug-likeness (QED) is 0.484. The molecule has 2 aromatic carbocycles. The van der Waals surface area contributed by atoms with Crippen LogP contribution in [0.1, 0.15) is 50.9 Å². The fourth-order valence-electron chi connectivity index (χ4n) is 4.78. The number of benzene rings is 2. The molecule has 0 spiro atoms. The van der Waals surface area contributed by atoms with Crippen LogP contribution in [0.3, 0.4) is 0 Å². The van der Waals surface area contributed by atoms with Crippen LogP contribution in [-0.4, -0.2) is 40.1 Å². The van der Waals surface area contributed by atoms with Crippen molar-refractivity contribution in [1.82, 2.24) is 20.6 Å². The molecule has 1 saturated heterocycles. The molecule has 1 fully saturated rings. The number of nitrogens with zero attached hydrogens (tertiary/aromatic N) is 1. The SMILES string of the molecule is COc1ccc2nc(-c3ccc(C(=O)NC4CC(C)(C)NC(C)(C)C4)cc3Br)[nH]c2c1. The molecule has 2 heterocycles. The Morgan fingerprint density at radius 2 is 1.84 bits per heavy atom. The van der Waals surface area contributed by atoms with Gasteiger partial charge in [0.15, 0.2) is 0 Å². The van der Waals surface area contributed by atoms with Crippen LogP contribution in [-0.2, 0) is 0 Å². The van der Waals surface area contributed by atoms with Crippen molar-refractivity contribution in [1.29, 1.82) is 0 Å². The lowest BCUT2D eigenvalue weighted by atomic mass is 9.79. The summed E-state index contributed by atoms with van der Waals surface area (Å²) in [6.45, 7) is 8.73. The minimum absolute atomic E-state index is 0.0197. The van der Waals surface area contributed by atoms with Crippen molar-refractivity contribution in [3.63, 3.8) is 0 Å². The van der Waals surface area contributed by atoms with Gasteiger partial charge < -0.3 is 20.4 Å². The highest BCUT2D eigenvalue weighted by Crippen LogP contribution is 2.31. The zero-order valence-electron chi connectivity index (χ0n) is 18.6. The number of H-pyrrole nitrogens is 1. The van der Waals surface area contributed by atoms with Crippen LogP contribution in [0.5, 0.6) is 5.75 Å². The highest BCUT2D eigenvalue weighted by Gasteiger charge is 2.38. The number of imidazole rings is 1. The molecule has 3 aromatic rings. The third-order valence-electron chi connectivity index (χ3n) is 5.70. The zero-order chi connectivity index (χ0) is 22.4. The topological polar surface area (TPSA) is 79.0 Å². The maximum Gasteiger partial charge on any atom is 0.251 e. The van der Waals surface area contributed by atoms with E-state index in [-0.39, 0.29) is 23.0 Å². The molecule has 4 rings (SSSR count). The summed E-state index contributed by atoms with van der Waals surface area (Å²) in [6, 6.07) is 11.5. The van der Waals surface area contributed by atoms with E-state index in [0.717, 1.165) is 45.5 Å². The first-order valence-electron chi connectivity index (χ1n) is 10.5. The molecule has 1 aliphatic heterocycles. The van der Waals surface area contributed by atoms with Crippen molar-refractivity contribution in [3.8, 4) is 17.1 Å². The van der Waals surface area contributed by atoms with Crippen LogP contribution in [0, 0.1) is 0 Å². The van der Waals surface area contributed by atoms with Gasteiger partial charge in [-0.15, -0.1) is 0 Å². The van der Waals surface area contributed by atoms with Crippen molar-refractivity contribution in [2.45, 2.75) is 57.7 Å². The lowest BCUT2D eigenvalue weighted by molar-refractivity contribution is 0.0873. The number of carbonyl (C=O) groups excluding carboxylic acids is 1. The summed E-state index contributed by atoms with van der Waals surface area (Å²) in [5, 5.41) is 6.88.